The molecule has 0 amide bonds. The quantitative estimate of drug-likeness (QED) is 0.528. The molecule has 0 saturated carbocycles. The summed E-state index contributed by atoms with van der Waals surface area (Å²) >= 11 is 4.93. The van der Waals surface area contributed by atoms with Crippen LogP contribution in [0.4, 0.5) is 0 Å². The van der Waals surface area contributed by atoms with Crippen molar-refractivity contribution in [2.45, 2.75) is 6.42 Å². The Morgan fingerprint density at radius 1 is 1.86 bits per heavy atom. The van der Waals surface area contributed by atoms with Gasteiger partial charge in [-0.3, -0.25) is 4.79 Å². The highest BCUT2D eigenvalue weighted by molar-refractivity contribution is 6.13. The van der Waals surface area contributed by atoms with E-state index in [1.165, 1.54) is 0 Å². The molecule has 0 aromatic carbocycles. The first kappa shape index (κ1) is 6.72. The van der Waals surface area contributed by atoms with Crippen LogP contribution < -0.4 is 4.84 Å². The normalized spacial score (nSPS) is 8.71. The van der Waals surface area contributed by atoms with E-state index in [2.05, 4.69) is 4.84 Å². The first-order valence-electron chi connectivity index (χ1n) is 1.82. The molecule has 0 aliphatic heterocycles. The molecule has 0 atom stereocenters. The number of carboxylic acid groups (broad SMARTS) is 1. The zero-order valence-electron chi connectivity index (χ0n) is 3.65. The Morgan fingerprint density at radius 2 is 2.43 bits per heavy atom. The molecule has 0 rings (SSSR count). The van der Waals surface area contributed by atoms with Gasteiger partial charge in [0, 0.05) is 6.54 Å². The largest absolute Gasteiger partial charge is 0.481 e. The zero-order valence-corrected chi connectivity index (χ0v) is 4.40. The minimum absolute atomic E-state index is 0.0729. The lowest BCUT2D eigenvalue weighted by Crippen LogP contribution is -2.06. The molecular formula is C3H6ClNO2. The molecule has 0 heterocycles. The summed E-state index contributed by atoms with van der Waals surface area (Å²) in [5.41, 5.74) is 0. The van der Waals surface area contributed by atoms with Crippen molar-refractivity contribution in [3.05, 3.63) is 0 Å². The van der Waals surface area contributed by atoms with Gasteiger partial charge < -0.3 is 5.11 Å². The van der Waals surface area contributed by atoms with Crippen LogP contribution in [0.3, 0.4) is 0 Å². The number of rotatable bonds is 3. The molecule has 7 heavy (non-hydrogen) atoms. The van der Waals surface area contributed by atoms with Crippen molar-refractivity contribution in [2.24, 2.45) is 0 Å². The van der Waals surface area contributed by atoms with E-state index in [4.69, 9.17) is 16.9 Å². The fourth-order valence-corrected chi connectivity index (χ4v) is 0.249. The number of halogens is 1. The number of aliphatic carboxylic acids is 1. The van der Waals surface area contributed by atoms with E-state index in [-0.39, 0.29) is 6.42 Å². The maximum atomic E-state index is 9.66. The van der Waals surface area contributed by atoms with Gasteiger partial charge in [0.2, 0.25) is 0 Å². The predicted molar refractivity (Wildman–Crippen MR) is 26.1 cm³/mol. The number of hydrogen-bond donors (Lipinski definition) is 2. The van der Waals surface area contributed by atoms with Gasteiger partial charge in [0.25, 0.3) is 0 Å². The van der Waals surface area contributed by atoms with E-state index in [0.717, 1.165) is 0 Å². The Kier molecular flexibility index (Phi) is 3.74. The molecule has 0 unspecified atom stereocenters. The molecule has 0 radical (unpaired) electrons. The van der Waals surface area contributed by atoms with E-state index in [0.29, 0.717) is 6.54 Å². The number of hydrogen-bond acceptors (Lipinski definition) is 2. The van der Waals surface area contributed by atoms with Crippen LogP contribution in [0, 0.1) is 0 Å². The van der Waals surface area contributed by atoms with E-state index in [9.17, 15) is 4.79 Å². The van der Waals surface area contributed by atoms with Crippen LogP contribution in [0.15, 0.2) is 0 Å². The Labute approximate surface area is 46.4 Å². The predicted octanol–water partition coefficient (Wildman–Crippen LogP) is 0.205. The summed E-state index contributed by atoms with van der Waals surface area (Å²) in [6.07, 6.45) is 0.0729. The van der Waals surface area contributed by atoms with Gasteiger partial charge in [-0.15, -0.1) is 0 Å². The lowest BCUT2D eigenvalue weighted by atomic mass is 10.5. The highest BCUT2D eigenvalue weighted by Crippen LogP contribution is 1.74. The molecule has 42 valence electrons. The average Bonchev–Trinajstić information content (AvgIpc) is 1.61. The molecule has 0 bridgehead atoms. The second-order valence-electron chi connectivity index (χ2n) is 1.03. The fraction of sp³-hybridized carbons (Fsp3) is 0.667. The molecule has 0 aliphatic carbocycles. The van der Waals surface area contributed by atoms with Crippen LogP contribution in [0.5, 0.6) is 0 Å². The van der Waals surface area contributed by atoms with Crippen LogP contribution in [0.1, 0.15) is 6.42 Å². The van der Waals surface area contributed by atoms with Crippen molar-refractivity contribution in [3.8, 4) is 0 Å². The molecule has 0 aromatic heterocycles. The fourth-order valence-electron chi connectivity index (χ4n) is 0.154. The van der Waals surface area contributed by atoms with E-state index < -0.39 is 5.97 Å². The minimum atomic E-state index is -0.840. The summed E-state index contributed by atoms with van der Waals surface area (Å²) in [4.78, 5) is 11.8. The minimum Gasteiger partial charge on any atom is -0.481 e. The maximum Gasteiger partial charge on any atom is 0.304 e. The highest BCUT2D eigenvalue weighted by atomic mass is 35.5. The Balaban J connectivity index is 2.82. The van der Waals surface area contributed by atoms with Gasteiger partial charge in [0.15, 0.2) is 0 Å². The molecule has 3 nitrogen and oxygen atoms in total. The third kappa shape index (κ3) is 5.72. The van der Waals surface area contributed by atoms with Crippen LogP contribution in [0.25, 0.3) is 0 Å². The topological polar surface area (TPSA) is 49.3 Å². The smallest absolute Gasteiger partial charge is 0.304 e. The average molecular weight is 124 g/mol. The lowest BCUT2D eigenvalue weighted by Gasteiger charge is -1.86. The Hall–Kier alpha value is -0.280. The van der Waals surface area contributed by atoms with Crippen molar-refractivity contribution in [2.75, 3.05) is 6.54 Å². The molecule has 0 aromatic rings. The van der Waals surface area contributed by atoms with Crippen molar-refractivity contribution >= 4 is 17.7 Å². The van der Waals surface area contributed by atoms with Crippen molar-refractivity contribution < 1.29 is 9.90 Å². The standard InChI is InChI=1S/C3H6ClNO2/c4-5-2-1-3(6)7/h5H,1-2H2,(H,6,7). The molecule has 0 saturated heterocycles. The number of carboxylic acids is 1. The zero-order chi connectivity index (χ0) is 5.70. The second kappa shape index (κ2) is 3.89. The third-order valence-electron chi connectivity index (χ3n) is 0.433. The molecule has 4 heteroatoms. The Morgan fingerprint density at radius 3 is 2.57 bits per heavy atom. The summed E-state index contributed by atoms with van der Waals surface area (Å²) < 4.78 is 0. The van der Waals surface area contributed by atoms with Crippen molar-refractivity contribution in [1.82, 2.24) is 4.84 Å². The summed E-state index contributed by atoms with van der Waals surface area (Å²) in [6, 6.07) is 0. The Bertz CT molecular complexity index is 66.0. The van der Waals surface area contributed by atoms with Crippen LogP contribution in [-0.4, -0.2) is 17.6 Å². The lowest BCUT2D eigenvalue weighted by molar-refractivity contribution is -0.136. The molecule has 0 aliphatic rings. The molecule has 2 N–H and O–H groups in total. The van der Waals surface area contributed by atoms with E-state index in [1.54, 1.807) is 0 Å². The van der Waals surface area contributed by atoms with Crippen molar-refractivity contribution in [3.63, 3.8) is 0 Å². The van der Waals surface area contributed by atoms with Crippen molar-refractivity contribution in [1.29, 1.82) is 0 Å². The van der Waals surface area contributed by atoms with Gasteiger partial charge in [-0.25, -0.2) is 4.84 Å². The second-order valence-corrected chi connectivity index (χ2v) is 1.29. The van der Waals surface area contributed by atoms with E-state index >= 15 is 0 Å². The van der Waals surface area contributed by atoms with Gasteiger partial charge in [-0.2, -0.15) is 0 Å². The molecule has 0 fully saturated rings. The van der Waals surface area contributed by atoms with Crippen LogP contribution >= 0.6 is 11.8 Å². The van der Waals surface area contributed by atoms with E-state index in [1.807, 2.05) is 0 Å². The maximum absolute atomic E-state index is 9.66. The van der Waals surface area contributed by atoms with Gasteiger partial charge >= 0.3 is 5.97 Å². The SMILES string of the molecule is O=C(O)CCNCl. The summed E-state index contributed by atoms with van der Waals surface area (Å²) in [7, 11) is 0. The number of nitrogens with one attached hydrogen (secondary N) is 1. The molecular weight excluding hydrogens is 117 g/mol. The highest BCUT2D eigenvalue weighted by Gasteiger charge is 1.91. The van der Waals surface area contributed by atoms with Gasteiger partial charge in [0.1, 0.15) is 0 Å². The molecule has 0 spiro atoms. The summed E-state index contributed by atoms with van der Waals surface area (Å²) in [6.45, 7) is 0.316. The van der Waals surface area contributed by atoms with Gasteiger partial charge in [0.05, 0.1) is 6.42 Å². The number of carbonyl (C=O) groups is 1. The van der Waals surface area contributed by atoms with Crippen LogP contribution in [0.2, 0.25) is 0 Å². The summed E-state index contributed by atoms with van der Waals surface area (Å²) in [5, 5.41) is 7.95. The third-order valence-corrected chi connectivity index (χ3v) is 0.622. The van der Waals surface area contributed by atoms with Gasteiger partial charge in [-0.1, -0.05) is 0 Å². The van der Waals surface area contributed by atoms with Crippen LogP contribution in [-0.2, 0) is 4.79 Å². The monoisotopic (exact) mass is 123 g/mol. The summed E-state index contributed by atoms with van der Waals surface area (Å²) in [5.74, 6) is -0.840. The first-order valence-corrected chi connectivity index (χ1v) is 2.20. The van der Waals surface area contributed by atoms with Gasteiger partial charge in [-0.05, 0) is 11.8 Å². The first-order chi connectivity index (χ1) is 3.27.